The highest BCUT2D eigenvalue weighted by molar-refractivity contribution is 7.10. The van der Waals surface area contributed by atoms with Crippen molar-refractivity contribution in [3.05, 3.63) is 57.8 Å². The predicted molar refractivity (Wildman–Crippen MR) is 119 cm³/mol. The van der Waals surface area contributed by atoms with Gasteiger partial charge in [-0.2, -0.15) is 0 Å². The lowest BCUT2D eigenvalue weighted by molar-refractivity contribution is -0.136. The molecule has 2 fully saturated rings. The quantitative estimate of drug-likeness (QED) is 0.755. The molecule has 0 N–H and O–H groups in total. The fourth-order valence-corrected chi connectivity index (χ4v) is 6.25. The Morgan fingerprint density at radius 3 is 2.43 bits per heavy atom. The number of nitrogens with zero attached hydrogens (tertiary/aromatic N) is 3. The van der Waals surface area contributed by atoms with Crippen LogP contribution in [0.4, 0.5) is 0 Å². The number of piperazine rings is 1. The molecule has 5 nitrogen and oxygen atoms in total. The SMILES string of the molecule is CN1CCN(C(=O)C2c3ccccc3C(=O)N(C3CCCC3)C2c2cccs2)CC1. The van der Waals surface area contributed by atoms with Crippen molar-refractivity contribution in [2.24, 2.45) is 0 Å². The van der Waals surface area contributed by atoms with E-state index in [0.717, 1.165) is 62.3 Å². The topological polar surface area (TPSA) is 43.9 Å². The maximum Gasteiger partial charge on any atom is 0.254 e. The van der Waals surface area contributed by atoms with Crippen molar-refractivity contribution in [2.45, 2.75) is 43.7 Å². The second-order valence-corrected chi connectivity index (χ2v) is 9.78. The maximum absolute atomic E-state index is 14.0. The Kier molecular flexibility index (Phi) is 5.37. The van der Waals surface area contributed by atoms with E-state index in [2.05, 4.69) is 28.3 Å². The average Bonchev–Trinajstić information content (AvgIpc) is 3.48. The maximum atomic E-state index is 14.0. The lowest BCUT2D eigenvalue weighted by atomic mass is 9.80. The molecule has 2 atom stereocenters. The van der Waals surface area contributed by atoms with Gasteiger partial charge in [0, 0.05) is 42.7 Å². The van der Waals surface area contributed by atoms with Crippen LogP contribution in [0.3, 0.4) is 0 Å². The first-order valence-electron chi connectivity index (χ1n) is 11.1. The Balaban J connectivity index is 1.61. The van der Waals surface area contributed by atoms with Gasteiger partial charge in [0.05, 0.1) is 12.0 Å². The number of fused-ring (bicyclic) bond motifs is 1. The molecule has 3 heterocycles. The standard InChI is InChI=1S/C24H29N3O2S/c1-25-12-14-26(15-13-25)24(29)21-18-9-4-5-10-19(18)23(28)27(17-7-2-3-8-17)22(21)20-11-6-16-30-20/h4-6,9-11,16-17,21-22H,2-3,7-8,12-15H2,1H3. The second-order valence-electron chi connectivity index (χ2n) is 8.80. The first-order chi connectivity index (χ1) is 14.6. The van der Waals surface area contributed by atoms with Gasteiger partial charge in [-0.3, -0.25) is 9.59 Å². The van der Waals surface area contributed by atoms with Crippen molar-refractivity contribution in [2.75, 3.05) is 33.2 Å². The highest BCUT2D eigenvalue weighted by Gasteiger charge is 2.48. The molecule has 2 amide bonds. The highest BCUT2D eigenvalue weighted by Crippen LogP contribution is 2.47. The van der Waals surface area contributed by atoms with E-state index in [1.165, 1.54) is 0 Å². The third kappa shape index (κ3) is 3.36. The van der Waals surface area contributed by atoms with Crippen LogP contribution in [-0.4, -0.2) is 65.8 Å². The van der Waals surface area contributed by atoms with Crippen LogP contribution in [0.15, 0.2) is 41.8 Å². The Labute approximate surface area is 182 Å². The summed E-state index contributed by atoms with van der Waals surface area (Å²) in [6.07, 6.45) is 4.38. The van der Waals surface area contributed by atoms with Gasteiger partial charge in [0.1, 0.15) is 0 Å². The van der Waals surface area contributed by atoms with Crippen LogP contribution < -0.4 is 0 Å². The van der Waals surface area contributed by atoms with E-state index >= 15 is 0 Å². The molecular weight excluding hydrogens is 394 g/mol. The van der Waals surface area contributed by atoms with E-state index in [9.17, 15) is 9.59 Å². The van der Waals surface area contributed by atoms with Gasteiger partial charge >= 0.3 is 0 Å². The molecule has 3 aliphatic rings. The predicted octanol–water partition coefficient (Wildman–Crippen LogP) is 3.75. The van der Waals surface area contributed by atoms with E-state index in [-0.39, 0.29) is 29.8 Å². The number of hydrogen-bond donors (Lipinski definition) is 0. The number of likely N-dealkylation sites (N-methyl/N-ethyl adjacent to an activating group) is 1. The number of thiophene rings is 1. The van der Waals surface area contributed by atoms with Crippen LogP contribution in [0.5, 0.6) is 0 Å². The molecule has 0 radical (unpaired) electrons. The normalized spacial score (nSPS) is 25.6. The number of carbonyl (C=O) groups is 2. The number of carbonyl (C=O) groups excluding carboxylic acids is 2. The van der Waals surface area contributed by atoms with Crippen molar-refractivity contribution in [1.82, 2.24) is 14.7 Å². The lowest BCUT2D eigenvalue weighted by Crippen LogP contribution is -2.54. The van der Waals surface area contributed by atoms with Gasteiger partial charge in [0.2, 0.25) is 5.91 Å². The van der Waals surface area contributed by atoms with Crippen LogP contribution in [0.1, 0.15) is 58.4 Å². The Morgan fingerprint density at radius 1 is 1.00 bits per heavy atom. The monoisotopic (exact) mass is 423 g/mol. The number of rotatable bonds is 3. The number of hydrogen-bond acceptors (Lipinski definition) is 4. The summed E-state index contributed by atoms with van der Waals surface area (Å²) in [5, 5.41) is 2.06. The zero-order valence-corrected chi connectivity index (χ0v) is 18.3. The van der Waals surface area contributed by atoms with E-state index in [4.69, 9.17) is 0 Å². The third-order valence-corrected chi connectivity index (χ3v) is 7.95. The Bertz CT molecular complexity index is 914. The Hall–Kier alpha value is -2.18. The van der Waals surface area contributed by atoms with Crippen LogP contribution in [0, 0.1) is 0 Å². The van der Waals surface area contributed by atoms with Gasteiger partial charge in [-0.25, -0.2) is 0 Å². The molecule has 1 aliphatic carbocycles. The minimum Gasteiger partial charge on any atom is -0.340 e. The number of amides is 2. The number of benzene rings is 1. The second kappa shape index (κ2) is 8.16. The molecule has 1 saturated carbocycles. The van der Waals surface area contributed by atoms with Gasteiger partial charge in [-0.05, 0) is 43.0 Å². The van der Waals surface area contributed by atoms with Gasteiger partial charge < -0.3 is 14.7 Å². The molecule has 30 heavy (non-hydrogen) atoms. The molecule has 1 aromatic heterocycles. The average molecular weight is 424 g/mol. The van der Waals surface area contributed by atoms with Crippen molar-refractivity contribution < 1.29 is 9.59 Å². The molecule has 158 valence electrons. The molecule has 0 bridgehead atoms. The molecule has 2 unspecified atom stereocenters. The van der Waals surface area contributed by atoms with Crippen LogP contribution in [0.25, 0.3) is 0 Å². The molecule has 2 aromatic rings. The van der Waals surface area contributed by atoms with Crippen molar-refractivity contribution in [3.63, 3.8) is 0 Å². The summed E-state index contributed by atoms with van der Waals surface area (Å²) in [5.41, 5.74) is 1.61. The van der Waals surface area contributed by atoms with E-state index < -0.39 is 0 Å². The van der Waals surface area contributed by atoms with Crippen LogP contribution in [0.2, 0.25) is 0 Å². The van der Waals surface area contributed by atoms with Crippen LogP contribution >= 0.6 is 11.3 Å². The highest BCUT2D eigenvalue weighted by atomic mass is 32.1. The van der Waals surface area contributed by atoms with E-state index in [1.807, 2.05) is 35.2 Å². The van der Waals surface area contributed by atoms with E-state index in [1.54, 1.807) is 11.3 Å². The summed E-state index contributed by atoms with van der Waals surface area (Å²) in [5.74, 6) is -0.0654. The van der Waals surface area contributed by atoms with Gasteiger partial charge in [-0.1, -0.05) is 37.1 Å². The molecule has 2 aliphatic heterocycles. The fraction of sp³-hybridized carbons (Fsp3) is 0.500. The summed E-state index contributed by atoms with van der Waals surface area (Å²) in [7, 11) is 2.10. The first-order valence-corrected chi connectivity index (χ1v) is 12.0. The molecule has 1 aromatic carbocycles. The van der Waals surface area contributed by atoms with Gasteiger partial charge in [0.25, 0.3) is 5.91 Å². The summed E-state index contributed by atoms with van der Waals surface area (Å²) >= 11 is 1.66. The molecule has 1 saturated heterocycles. The first kappa shape index (κ1) is 19.8. The third-order valence-electron chi connectivity index (χ3n) is 7.01. The molecule has 5 rings (SSSR count). The summed E-state index contributed by atoms with van der Waals surface area (Å²) < 4.78 is 0. The largest absolute Gasteiger partial charge is 0.340 e. The van der Waals surface area contributed by atoms with Gasteiger partial charge in [0.15, 0.2) is 0 Å². The lowest BCUT2D eigenvalue weighted by Gasteiger charge is -2.46. The van der Waals surface area contributed by atoms with Crippen molar-refractivity contribution in [3.8, 4) is 0 Å². The fourth-order valence-electron chi connectivity index (χ4n) is 5.39. The molecule has 0 spiro atoms. The smallest absolute Gasteiger partial charge is 0.254 e. The summed E-state index contributed by atoms with van der Waals surface area (Å²) in [4.78, 5) is 35.2. The van der Waals surface area contributed by atoms with Crippen LogP contribution in [-0.2, 0) is 4.79 Å². The minimum atomic E-state index is -0.332. The van der Waals surface area contributed by atoms with Gasteiger partial charge in [-0.15, -0.1) is 11.3 Å². The Morgan fingerprint density at radius 2 is 1.73 bits per heavy atom. The zero-order valence-electron chi connectivity index (χ0n) is 17.5. The van der Waals surface area contributed by atoms with E-state index in [0.29, 0.717) is 5.56 Å². The molecular formula is C24H29N3O2S. The summed E-state index contributed by atoms with van der Waals surface area (Å²) in [6, 6.07) is 12.0. The van der Waals surface area contributed by atoms with Crippen molar-refractivity contribution in [1.29, 1.82) is 0 Å². The summed E-state index contributed by atoms with van der Waals surface area (Å²) in [6.45, 7) is 3.30. The zero-order chi connectivity index (χ0) is 20.7. The molecule has 6 heteroatoms. The van der Waals surface area contributed by atoms with Crippen molar-refractivity contribution >= 4 is 23.2 Å². The minimum absolute atomic E-state index is 0.0957.